The van der Waals surface area contributed by atoms with E-state index in [4.69, 9.17) is 21.1 Å². The Morgan fingerprint density at radius 3 is 2.11 bits per heavy atom. The van der Waals surface area contributed by atoms with Crippen LogP contribution in [-0.2, 0) is 32.5 Å². The zero-order valence-electron chi connectivity index (χ0n) is 21.2. The Morgan fingerprint density at radius 1 is 0.919 bits per heavy atom. The summed E-state index contributed by atoms with van der Waals surface area (Å²) in [6.07, 6.45) is 0.351. The number of esters is 1. The fourth-order valence-corrected chi connectivity index (χ4v) is 6.63. The molecule has 37 heavy (non-hydrogen) atoms. The highest BCUT2D eigenvalue weighted by atomic mass is 35.5. The number of benzene rings is 3. The summed E-state index contributed by atoms with van der Waals surface area (Å²) in [6.45, 7) is 5.86. The molecule has 0 radical (unpaired) electrons. The minimum atomic E-state index is -4.01. The van der Waals surface area contributed by atoms with Crippen LogP contribution in [0.25, 0.3) is 0 Å². The molecule has 1 saturated heterocycles. The van der Waals surface area contributed by atoms with Crippen molar-refractivity contribution in [2.75, 3.05) is 19.7 Å². The number of carbonyl (C=O) groups is 1. The summed E-state index contributed by atoms with van der Waals surface area (Å²) in [6, 6.07) is 21.9. The van der Waals surface area contributed by atoms with Crippen molar-refractivity contribution < 1.29 is 22.7 Å². The monoisotopic (exact) mass is 541 g/mol. The molecule has 0 N–H and O–H groups in total. The van der Waals surface area contributed by atoms with E-state index in [1.54, 1.807) is 31.2 Å². The topological polar surface area (TPSA) is 72.9 Å². The molecule has 1 fully saturated rings. The van der Waals surface area contributed by atoms with Crippen molar-refractivity contribution in [2.24, 2.45) is 0 Å². The fourth-order valence-electron chi connectivity index (χ4n) is 4.56. The highest BCUT2D eigenvalue weighted by molar-refractivity contribution is 7.93. The molecule has 0 bridgehead atoms. The van der Waals surface area contributed by atoms with Gasteiger partial charge in [0.25, 0.3) is 0 Å². The van der Waals surface area contributed by atoms with Gasteiger partial charge in [-0.2, -0.15) is 0 Å². The lowest BCUT2D eigenvalue weighted by atomic mass is 9.95. The Balaban J connectivity index is 1.49. The minimum absolute atomic E-state index is 0.0892. The van der Waals surface area contributed by atoms with E-state index in [-0.39, 0.29) is 24.3 Å². The van der Waals surface area contributed by atoms with Crippen LogP contribution in [0, 0.1) is 6.92 Å². The van der Waals surface area contributed by atoms with Gasteiger partial charge in [0.15, 0.2) is 14.6 Å². The van der Waals surface area contributed by atoms with E-state index >= 15 is 0 Å². The highest BCUT2D eigenvalue weighted by Gasteiger charge is 2.54. The Morgan fingerprint density at radius 2 is 1.51 bits per heavy atom. The second-order valence-corrected chi connectivity index (χ2v) is 12.1. The van der Waals surface area contributed by atoms with Crippen LogP contribution in [0.1, 0.15) is 36.5 Å². The van der Waals surface area contributed by atoms with Gasteiger partial charge in [0, 0.05) is 24.7 Å². The SMILES string of the molecule is CCOC(=O)C1(S(=O)(=O)c2ccc(OCc3ccc(Cl)cc3)cc2)CCN(Cc2ccc(C)cc2)CC1. The maximum absolute atomic E-state index is 13.9. The molecule has 0 amide bonds. The number of hydrogen-bond donors (Lipinski definition) is 0. The summed E-state index contributed by atoms with van der Waals surface area (Å²) in [7, 11) is -4.01. The summed E-state index contributed by atoms with van der Waals surface area (Å²) in [4.78, 5) is 15.4. The molecule has 1 heterocycles. The molecule has 196 valence electrons. The number of ether oxygens (including phenoxy) is 2. The smallest absolute Gasteiger partial charge is 0.327 e. The molecule has 0 atom stereocenters. The fraction of sp³-hybridized carbons (Fsp3) is 0.345. The van der Waals surface area contributed by atoms with E-state index in [1.807, 2.05) is 19.1 Å². The Kier molecular flexibility index (Phi) is 8.57. The number of sulfone groups is 1. The van der Waals surface area contributed by atoms with Crippen LogP contribution in [0.3, 0.4) is 0 Å². The minimum Gasteiger partial charge on any atom is -0.489 e. The number of piperidine rings is 1. The molecular formula is C29H32ClNO5S. The first-order valence-electron chi connectivity index (χ1n) is 12.4. The van der Waals surface area contributed by atoms with Gasteiger partial charge in [-0.05, 0) is 74.2 Å². The third-order valence-electron chi connectivity index (χ3n) is 6.81. The number of aryl methyl sites for hydroxylation is 1. The second-order valence-electron chi connectivity index (χ2n) is 9.37. The van der Waals surface area contributed by atoms with Gasteiger partial charge in [0.05, 0.1) is 11.5 Å². The molecular weight excluding hydrogens is 510 g/mol. The average Bonchev–Trinajstić information content (AvgIpc) is 2.90. The molecule has 1 aliphatic rings. The molecule has 3 aromatic carbocycles. The number of likely N-dealkylation sites (tertiary alicyclic amines) is 1. The number of rotatable bonds is 9. The maximum atomic E-state index is 13.9. The Labute approximate surface area is 224 Å². The third kappa shape index (κ3) is 6.17. The molecule has 0 aromatic heterocycles. The first-order chi connectivity index (χ1) is 17.7. The quantitative estimate of drug-likeness (QED) is 0.328. The summed E-state index contributed by atoms with van der Waals surface area (Å²) < 4.78 is 37.2. The second kappa shape index (κ2) is 11.7. The van der Waals surface area contributed by atoms with Crippen LogP contribution in [-0.4, -0.2) is 43.7 Å². The van der Waals surface area contributed by atoms with Crippen LogP contribution >= 0.6 is 11.6 Å². The van der Waals surface area contributed by atoms with Crippen LogP contribution < -0.4 is 4.74 Å². The predicted octanol–water partition coefficient (Wildman–Crippen LogP) is 5.60. The van der Waals surface area contributed by atoms with E-state index < -0.39 is 20.6 Å². The standard InChI is InChI=1S/C29H32ClNO5S/c1-3-35-28(32)29(16-18-31(19-17-29)20-23-6-4-22(2)5-7-23)37(33,34)27-14-12-26(13-15-27)36-21-24-8-10-25(30)11-9-24/h4-15H,3,16-21H2,1-2H3. The van der Waals surface area contributed by atoms with E-state index in [0.717, 1.165) is 11.1 Å². The molecule has 1 aliphatic heterocycles. The normalized spacial score (nSPS) is 15.8. The van der Waals surface area contributed by atoms with Crippen molar-refractivity contribution in [1.82, 2.24) is 4.90 Å². The lowest BCUT2D eigenvalue weighted by Gasteiger charge is -2.39. The van der Waals surface area contributed by atoms with Crippen molar-refractivity contribution >= 4 is 27.4 Å². The van der Waals surface area contributed by atoms with Gasteiger partial charge in [0.1, 0.15) is 12.4 Å². The molecule has 6 nitrogen and oxygen atoms in total. The van der Waals surface area contributed by atoms with Crippen molar-refractivity contribution in [3.05, 3.63) is 94.5 Å². The molecule has 3 aromatic rings. The average molecular weight is 542 g/mol. The molecule has 0 unspecified atom stereocenters. The van der Waals surface area contributed by atoms with Crippen LogP contribution in [0.5, 0.6) is 5.75 Å². The summed E-state index contributed by atoms with van der Waals surface area (Å²) >= 11 is 5.92. The van der Waals surface area contributed by atoms with Crippen LogP contribution in [0.2, 0.25) is 5.02 Å². The van der Waals surface area contributed by atoms with E-state index in [0.29, 0.717) is 37.0 Å². The maximum Gasteiger partial charge on any atom is 0.327 e. The van der Waals surface area contributed by atoms with Crippen molar-refractivity contribution in [2.45, 2.75) is 49.5 Å². The largest absolute Gasteiger partial charge is 0.489 e. The highest BCUT2D eigenvalue weighted by Crippen LogP contribution is 2.38. The lowest BCUT2D eigenvalue weighted by Crippen LogP contribution is -2.54. The first kappa shape index (κ1) is 27.2. The number of carbonyl (C=O) groups excluding carboxylic acids is 1. The van der Waals surface area contributed by atoms with Gasteiger partial charge in [-0.25, -0.2) is 8.42 Å². The summed E-state index contributed by atoms with van der Waals surface area (Å²) in [5, 5.41) is 0.648. The van der Waals surface area contributed by atoms with Gasteiger partial charge in [0.2, 0.25) is 0 Å². The number of halogens is 1. The first-order valence-corrected chi connectivity index (χ1v) is 14.3. The molecule has 8 heteroatoms. The molecule has 0 spiro atoms. The van der Waals surface area contributed by atoms with Gasteiger partial charge in [-0.1, -0.05) is 53.6 Å². The van der Waals surface area contributed by atoms with Gasteiger partial charge >= 0.3 is 5.97 Å². The Bertz CT molecular complexity index is 1300. The Hall–Kier alpha value is -2.87. The zero-order valence-corrected chi connectivity index (χ0v) is 22.7. The van der Waals surface area contributed by atoms with Gasteiger partial charge in [-0.15, -0.1) is 0 Å². The zero-order chi connectivity index (χ0) is 26.5. The summed E-state index contributed by atoms with van der Waals surface area (Å²) in [5.41, 5.74) is 3.29. The molecule has 0 saturated carbocycles. The predicted molar refractivity (Wildman–Crippen MR) is 144 cm³/mol. The summed E-state index contributed by atoms with van der Waals surface area (Å²) in [5.74, 6) is -0.139. The van der Waals surface area contributed by atoms with Gasteiger partial charge in [-0.3, -0.25) is 9.69 Å². The van der Waals surface area contributed by atoms with Crippen LogP contribution in [0.4, 0.5) is 0 Å². The third-order valence-corrected chi connectivity index (χ3v) is 9.55. The number of nitrogens with zero attached hydrogens (tertiary/aromatic N) is 1. The van der Waals surface area contributed by atoms with Crippen molar-refractivity contribution in [1.29, 1.82) is 0 Å². The van der Waals surface area contributed by atoms with E-state index in [1.165, 1.54) is 17.7 Å². The van der Waals surface area contributed by atoms with Crippen molar-refractivity contribution in [3.8, 4) is 5.75 Å². The van der Waals surface area contributed by atoms with Crippen molar-refractivity contribution in [3.63, 3.8) is 0 Å². The molecule has 4 rings (SSSR count). The lowest BCUT2D eigenvalue weighted by molar-refractivity contribution is -0.147. The van der Waals surface area contributed by atoms with Crippen LogP contribution in [0.15, 0.2) is 77.7 Å². The number of hydrogen-bond acceptors (Lipinski definition) is 6. The van der Waals surface area contributed by atoms with E-state index in [9.17, 15) is 13.2 Å². The molecule has 0 aliphatic carbocycles. The van der Waals surface area contributed by atoms with Gasteiger partial charge < -0.3 is 9.47 Å². The van der Waals surface area contributed by atoms with E-state index in [2.05, 4.69) is 29.2 Å².